The number of aromatic nitrogens is 1. The Kier molecular flexibility index (Phi) is 5.15. The Labute approximate surface area is 148 Å². The van der Waals surface area contributed by atoms with E-state index in [4.69, 9.17) is 9.26 Å². The number of carbonyl (C=O) groups excluding carboxylic acids is 1. The fourth-order valence-electron chi connectivity index (χ4n) is 2.01. The minimum atomic E-state index is -3.46. The van der Waals surface area contributed by atoms with Gasteiger partial charge in [0.1, 0.15) is 0 Å². The van der Waals surface area contributed by atoms with Crippen LogP contribution in [-0.2, 0) is 9.84 Å². The minimum Gasteiger partial charge on any atom is -0.388 e. The number of nitrogens with one attached hydrogen (secondary N) is 1. The van der Waals surface area contributed by atoms with Crippen LogP contribution in [0.25, 0.3) is 10.6 Å². The fourth-order valence-corrected chi connectivity index (χ4v) is 3.86. The van der Waals surface area contributed by atoms with Crippen LogP contribution in [-0.4, -0.2) is 32.0 Å². The van der Waals surface area contributed by atoms with Crippen molar-refractivity contribution in [2.24, 2.45) is 0 Å². The van der Waals surface area contributed by atoms with Gasteiger partial charge in [0, 0.05) is 6.54 Å². The average Bonchev–Trinajstić information content (AvgIpc) is 3.27. The Hall–Kier alpha value is -2.65. The standard InChI is InChI=1S/C16H14N2O5S2/c19-16(17-8-10-25(20,21)12-5-2-1-3-6-12)22-15-11-13(23-18-15)14-7-4-9-24-14/h1-7,9,11H,8,10H2,(H,17,19). The van der Waals surface area contributed by atoms with Crippen LogP contribution in [0.5, 0.6) is 5.88 Å². The van der Waals surface area contributed by atoms with Crippen molar-refractivity contribution in [1.82, 2.24) is 10.5 Å². The Morgan fingerprint density at radius 1 is 1.20 bits per heavy atom. The summed E-state index contributed by atoms with van der Waals surface area (Å²) in [5.41, 5.74) is 0. The third-order valence-electron chi connectivity index (χ3n) is 3.19. The minimum absolute atomic E-state index is 0.00631. The van der Waals surface area contributed by atoms with Crippen LogP contribution in [0.15, 0.2) is 63.3 Å². The summed E-state index contributed by atoms with van der Waals surface area (Å²) >= 11 is 1.47. The van der Waals surface area contributed by atoms with Crippen molar-refractivity contribution in [2.45, 2.75) is 4.90 Å². The van der Waals surface area contributed by atoms with E-state index < -0.39 is 15.9 Å². The molecule has 3 aromatic rings. The van der Waals surface area contributed by atoms with Gasteiger partial charge in [-0.1, -0.05) is 24.3 Å². The van der Waals surface area contributed by atoms with Crippen LogP contribution in [0, 0.1) is 0 Å². The van der Waals surface area contributed by atoms with E-state index in [2.05, 4.69) is 10.5 Å². The number of amides is 1. The number of ether oxygens (including phenoxy) is 1. The molecule has 0 bridgehead atoms. The summed E-state index contributed by atoms with van der Waals surface area (Å²) in [6.07, 6.45) is -0.797. The number of hydrogen-bond acceptors (Lipinski definition) is 7. The molecule has 2 heterocycles. The van der Waals surface area contributed by atoms with Crippen LogP contribution in [0.2, 0.25) is 0 Å². The summed E-state index contributed by atoms with van der Waals surface area (Å²) in [4.78, 5) is 12.8. The number of rotatable bonds is 6. The Morgan fingerprint density at radius 2 is 2.00 bits per heavy atom. The molecule has 130 valence electrons. The molecular formula is C16H14N2O5S2. The van der Waals surface area contributed by atoms with Gasteiger partial charge in [-0.3, -0.25) is 0 Å². The zero-order valence-corrected chi connectivity index (χ0v) is 14.5. The maximum absolute atomic E-state index is 12.1. The van der Waals surface area contributed by atoms with Crippen LogP contribution in [0.4, 0.5) is 4.79 Å². The second-order valence-electron chi connectivity index (χ2n) is 4.95. The van der Waals surface area contributed by atoms with Gasteiger partial charge in [-0.05, 0) is 28.7 Å². The van der Waals surface area contributed by atoms with Crippen molar-refractivity contribution in [1.29, 1.82) is 0 Å². The SMILES string of the molecule is O=C(NCCS(=O)(=O)c1ccccc1)Oc1cc(-c2cccs2)on1. The van der Waals surface area contributed by atoms with Crippen LogP contribution >= 0.6 is 11.3 Å². The first-order chi connectivity index (χ1) is 12.0. The summed E-state index contributed by atoms with van der Waals surface area (Å²) < 4.78 is 34.2. The Bertz CT molecular complexity index is 934. The van der Waals surface area contributed by atoms with Crippen molar-refractivity contribution in [3.8, 4) is 16.5 Å². The zero-order valence-electron chi connectivity index (χ0n) is 12.9. The first-order valence-electron chi connectivity index (χ1n) is 7.29. The molecular weight excluding hydrogens is 364 g/mol. The highest BCUT2D eigenvalue weighted by atomic mass is 32.2. The number of nitrogens with zero attached hydrogens (tertiary/aromatic N) is 1. The summed E-state index contributed by atoms with van der Waals surface area (Å²) in [5.74, 6) is 0.266. The quantitative estimate of drug-likeness (QED) is 0.708. The van der Waals surface area contributed by atoms with E-state index in [9.17, 15) is 13.2 Å². The molecule has 0 saturated carbocycles. The van der Waals surface area contributed by atoms with Gasteiger partial charge in [-0.25, -0.2) is 13.2 Å². The van der Waals surface area contributed by atoms with Gasteiger partial charge >= 0.3 is 6.09 Å². The molecule has 0 aliphatic rings. The molecule has 0 aliphatic heterocycles. The van der Waals surface area contributed by atoms with E-state index in [1.165, 1.54) is 29.5 Å². The highest BCUT2D eigenvalue weighted by molar-refractivity contribution is 7.91. The van der Waals surface area contributed by atoms with Gasteiger partial charge < -0.3 is 14.6 Å². The highest BCUT2D eigenvalue weighted by Gasteiger charge is 2.16. The topological polar surface area (TPSA) is 98.5 Å². The number of thiophene rings is 1. The summed E-state index contributed by atoms with van der Waals surface area (Å²) in [5, 5.41) is 7.92. The third-order valence-corrected chi connectivity index (χ3v) is 5.81. The lowest BCUT2D eigenvalue weighted by Gasteiger charge is -2.05. The molecule has 0 fully saturated rings. The maximum atomic E-state index is 12.1. The smallest absolute Gasteiger partial charge is 0.388 e. The van der Waals surface area contributed by atoms with Crippen molar-refractivity contribution in [3.05, 3.63) is 53.9 Å². The van der Waals surface area contributed by atoms with Gasteiger partial charge in [0.25, 0.3) is 5.88 Å². The molecule has 0 spiro atoms. The molecule has 9 heteroatoms. The summed E-state index contributed by atoms with van der Waals surface area (Å²) in [6.45, 7) is -0.0777. The van der Waals surface area contributed by atoms with Gasteiger partial charge in [-0.2, -0.15) is 0 Å². The van der Waals surface area contributed by atoms with E-state index in [0.29, 0.717) is 5.76 Å². The third kappa shape index (κ3) is 4.46. The molecule has 1 amide bonds. The Balaban J connectivity index is 1.50. The number of benzene rings is 1. The summed E-state index contributed by atoms with van der Waals surface area (Å²) in [6, 6.07) is 13.2. The molecule has 0 unspecified atom stereocenters. The molecule has 0 atom stereocenters. The van der Waals surface area contributed by atoms with E-state index in [1.54, 1.807) is 18.2 Å². The lowest BCUT2D eigenvalue weighted by Crippen LogP contribution is -2.31. The highest BCUT2D eigenvalue weighted by Crippen LogP contribution is 2.27. The lowest BCUT2D eigenvalue weighted by atomic mass is 10.4. The van der Waals surface area contributed by atoms with E-state index in [-0.39, 0.29) is 23.1 Å². The molecule has 1 N–H and O–H groups in total. The number of carbonyl (C=O) groups is 1. The normalized spacial score (nSPS) is 11.2. The largest absolute Gasteiger partial charge is 0.414 e. The monoisotopic (exact) mass is 378 g/mol. The fraction of sp³-hybridized carbons (Fsp3) is 0.125. The summed E-state index contributed by atoms with van der Waals surface area (Å²) in [7, 11) is -3.46. The van der Waals surface area contributed by atoms with E-state index in [0.717, 1.165) is 4.88 Å². The van der Waals surface area contributed by atoms with Crippen molar-refractivity contribution in [3.63, 3.8) is 0 Å². The molecule has 0 aliphatic carbocycles. The molecule has 3 rings (SSSR count). The second kappa shape index (κ2) is 7.49. The van der Waals surface area contributed by atoms with E-state index >= 15 is 0 Å². The maximum Gasteiger partial charge on any atom is 0.414 e. The van der Waals surface area contributed by atoms with Gasteiger partial charge in [0.05, 0.1) is 21.6 Å². The predicted octanol–water partition coefficient (Wildman–Crippen LogP) is 2.97. The van der Waals surface area contributed by atoms with Crippen LogP contribution in [0.3, 0.4) is 0 Å². The predicted molar refractivity (Wildman–Crippen MR) is 92.3 cm³/mol. The van der Waals surface area contributed by atoms with Gasteiger partial charge in [-0.15, -0.1) is 11.3 Å². The molecule has 0 radical (unpaired) electrons. The number of hydrogen-bond donors (Lipinski definition) is 1. The zero-order chi connectivity index (χ0) is 17.7. The molecule has 2 aromatic heterocycles. The number of sulfone groups is 1. The second-order valence-corrected chi connectivity index (χ2v) is 8.01. The Morgan fingerprint density at radius 3 is 2.72 bits per heavy atom. The van der Waals surface area contributed by atoms with Crippen molar-refractivity contribution in [2.75, 3.05) is 12.3 Å². The first-order valence-corrected chi connectivity index (χ1v) is 9.82. The molecule has 1 aromatic carbocycles. The average molecular weight is 378 g/mol. The van der Waals surface area contributed by atoms with Gasteiger partial charge in [0.2, 0.25) is 0 Å². The molecule has 0 saturated heterocycles. The van der Waals surface area contributed by atoms with Crippen LogP contribution < -0.4 is 10.1 Å². The first kappa shape index (κ1) is 17.2. The van der Waals surface area contributed by atoms with E-state index in [1.807, 2.05) is 17.5 Å². The molecule has 7 nitrogen and oxygen atoms in total. The molecule has 25 heavy (non-hydrogen) atoms. The van der Waals surface area contributed by atoms with Crippen LogP contribution in [0.1, 0.15) is 0 Å². The van der Waals surface area contributed by atoms with Gasteiger partial charge in [0.15, 0.2) is 15.6 Å². The van der Waals surface area contributed by atoms with Crippen molar-refractivity contribution < 1.29 is 22.5 Å². The van der Waals surface area contributed by atoms with Crippen molar-refractivity contribution >= 4 is 27.3 Å². The lowest BCUT2D eigenvalue weighted by molar-refractivity contribution is 0.196.